The summed E-state index contributed by atoms with van der Waals surface area (Å²) in [6.45, 7) is 3.70. The number of carboxylic acid groups (broad SMARTS) is 1. The quantitative estimate of drug-likeness (QED) is 0.347. The van der Waals surface area contributed by atoms with Crippen LogP contribution in [0.2, 0.25) is 5.15 Å². The van der Waals surface area contributed by atoms with Gasteiger partial charge in [0, 0.05) is 35.8 Å². The highest BCUT2D eigenvalue weighted by Gasteiger charge is 2.72. The number of aromatic nitrogens is 5. The summed E-state index contributed by atoms with van der Waals surface area (Å²) in [6.07, 6.45) is 6.01. The van der Waals surface area contributed by atoms with Crippen LogP contribution in [0.25, 0.3) is 10.9 Å². The minimum Gasteiger partial charge on any atom is -0.476 e. The summed E-state index contributed by atoms with van der Waals surface area (Å²) in [6, 6.07) is 4.89. The maximum atomic E-state index is 14.7. The molecular formula is C27H24ClFN6O3. The highest BCUT2D eigenvalue weighted by molar-refractivity contribution is 6.29. The van der Waals surface area contributed by atoms with Crippen molar-refractivity contribution in [1.29, 1.82) is 0 Å². The number of carboxylic acids is 1. The third kappa shape index (κ3) is 3.58. The van der Waals surface area contributed by atoms with Gasteiger partial charge in [0.25, 0.3) is 5.56 Å². The third-order valence-corrected chi connectivity index (χ3v) is 8.05. The SMILES string of the molecule is Cc1cnc(C23CC(c4nc5c([C@@H](C)Nc6ccc(Cl)nc6C(=O)O)cc(F)cc5c(=O)n4C)(C2)C3)nc1. The number of benzene rings is 1. The van der Waals surface area contributed by atoms with Gasteiger partial charge in [-0.1, -0.05) is 11.6 Å². The Balaban J connectivity index is 1.39. The van der Waals surface area contributed by atoms with Crippen LogP contribution in [-0.2, 0) is 17.9 Å². The molecule has 38 heavy (non-hydrogen) atoms. The number of fused-ring (bicyclic) bond motifs is 1. The van der Waals surface area contributed by atoms with Crippen LogP contribution in [-0.4, -0.2) is 35.6 Å². The lowest BCUT2D eigenvalue weighted by atomic mass is 9.34. The van der Waals surface area contributed by atoms with Crippen molar-refractivity contribution in [1.82, 2.24) is 24.5 Å². The fraction of sp³-hybridized carbons (Fsp3) is 0.333. The Morgan fingerprint density at radius 1 is 1.16 bits per heavy atom. The van der Waals surface area contributed by atoms with Gasteiger partial charge in [0.2, 0.25) is 0 Å². The van der Waals surface area contributed by atoms with E-state index in [0.29, 0.717) is 16.9 Å². The summed E-state index contributed by atoms with van der Waals surface area (Å²) >= 11 is 5.88. The Morgan fingerprint density at radius 2 is 1.84 bits per heavy atom. The van der Waals surface area contributed by atoms with Gasteiger partial charge in [-0.05, 0) is 62.9 Å². The number of pyridine rings is 1. The van der Waals surface area contributed by atoms with E-state index >= 15 is 0 Å². The second-order valence-electron chi connectivity index (χ2n) is 10.6. The van der Waals surface area contributed by atoms with Crippen molar-refractivity contribution in [3.05, 3.63) is 86.5 Å². The average Bonchev–Trinajstić information content (AvgIpc) is 2.82. The summed E-state index contributed by atoms with van der Waals surface area (Å²) in [5, 5.41) is 12.8. The first kappa shape index (κ1) is 24.4. The molecule has 1 atom stereocenters. The van der Waals surface area contributed by atoms with E-state index in [9.17, 15) is 19.1 Å². The summed E-state index contributed by atoms with van der Waals surface area (Å²) in [5.74, 6) is -0.359. The molecular weight excluding hydrogens is 511 g/mol. The van der Waals surface area contributed by atoms with Crippen LogP contribution < -0.4 is 10.9 Å². The zero-order valence-corrected chi connectivity index (χ0v) is 21.7. The Hall–Kier alpha value is -3.92. The van der Waals surface area contributed by atoms with Crippen LogP contribution in [0.15, 0.2) is 41.5 Å². The molecule has 1 aromatic carbocycles. The molecule has 3 fully saturated rings. The number of aromatic carboxylic acids is 1. The van der Waals surface area contributed by atoms with E-state index in [0.717, 1.165) is 30.7 Å². The van der Waals surface area contributed by atoms with Crippen LogP contribution in [0.4, 0.5) is 10.1 Å². The van der Waals surface area contributed by atoms with Crippen LogP contribution >= 0.6 is 11.6 Å². The van der Waals surface area contributed by atoms with Crippen molar-refractivity contribution in [3.63, 3.8) is 0 Å². The van der Waals surface area contributed by atoms with Crippen LogP contribution in [0.1, 0.15) is 65.5 Å². The average molecular weight is 535 g/mol. The summed E-state index contributed by atoms with van der Waals surface area (Å²) < 4.78 is 16.2. The molecule has 3 aromatic heterocycles. The van der Waals surface area contributed by atoms with Crippen molar-refractivity contribution in [3.8, 4) is 0 Å². The van der Waals surface area contributed by atoms with Gasteiger partial charge in [-0.15, -0.1) is 0 Å². The van der Waals surface area contributed by atoms with E-state index in [1.165, 1.54) is 28.8 Å². The molecule has 0 unspecified atom stereocenters. The first-order chi connectivity index (χ1) is 18.0. The largest absolute Gasteiger partial charge is 0.476 e. The fourth-order valence-electron chi connectivity index (χ4n) is 6.12. The Bertz CT molecular complexity index is 1680. The van der Waals surface area contributed by atoms with Gasteiger partial charge >= 0.3 is 5.97 Å². The second-order valence-corrected chi connectivity index (χ2v) is 11.0. The topological polar surface area (TPSA) is 123 Å². The lowest BCUT2D eigenvalue weighted by Crippen LogP contribution is -2.69. The number of rotatable bonds is 6. The lowest BCUT2D eigenvalue weighted by Gasteiger charge is -2.69. The number of nitrogens with one attached hydrogen (secondary N) is 1. The molecule has 0 saturated heterocycles. The molecule has 11 heteroatoms. The zero-order chi connectivity index (χ0) is 27.0. The maximum absolute atomic E-state index is 14.7. The molecule has 2 N–H and O–H groups in total. The molecule has 0 radical (unpaired) electrons. The Morgan fingerprint density at radius 3 is 2.50 bits per heavy atom. The number of nitrogens with zero attached hydrogens (tertiary/aromatic N) is 5. The van der Waals surface area contributed by atoms with Gasteiger partial charge in [0.15, 0.2) is 5.69 Å². The number of hydrogen-bond acceptors (Lipinski definition) is 7. The van der Waals surface area contributed by atoms with Crippen molar-refractivity contribution in [2.45, 2.75) is 50.0 Å². The van der Waals surface area contributed by atoms with Crippen LogP contribution in [0.3, 0.4) is 0 Å². The van der Waals surface area contributed by atoms with Gasteiger partial charge < -0.3 is 10.4 Å². The Kier molecular flexibility index (Phi) is 5.33. The summed E-state index contributed by atoms with van der Waals surface area (Å²) in [5.41, 5.74) is 1.08. The van der Waals surface area contributed by atoms with E-state index in [1.54, 1.807) is 14.0 Å². The highest BCUT2D eigenvalue weighted by Crippen LogP contribution is 2.72. The Labute approximate surface area is 221 Å². The molecule has 2 bridgehead atoms. The van der Waals surface area contributed by atoms with Crippen molar-refractivity contribution >= 4 is 34.2 Å². The van der Waals surface area contributed by atoms with E-state index in [2.05, 4.69) is 20.3 Å². The molecule has 194 valence electrons. The number of halogens is 2. The molecule has 0 spiro atoms. The molecule has 3 aliphatic carbocycles. The summed E-state index contributed by atoms with van der Waals surface area (Å²) in [7, 11) is 1.67. The number of anilines is 1. The fourth-order valence-corrected chi connectivity index (χ4v) is 6.27. The standard InChI is InChI=1S/C27H24ClFN6O3/c1-13-8-30-24(31-9-13)26-10-27(11-26,12-26)25-34-20-16(6-15(29)7-17(20)22(36)35(25)3)14(2)32-18-4-5-19(28)33-21(18)23(37)38/h4-9,14,32H,10-12H2,1-3H3,(H,37,38)/t14-,26?,27?/m1/s1. The predicted octanol–water partition coefficient (Wildman–Crippen LogP) is 4.46. The van der Waals surface area contributed by atoms with E-state index < -0.39 is 17.8 Å². The van der Waals surface area contributed by atoms with Crippen LogP contribution in [0, 0.1) is 12.7 Å². The molecule has 7 rings (SSSR count). The molecule has 0 amide bonds. The molecule has 0 aliphatic heterocycles. The van der Waals surface area contributed by atoms with Gasteiger partial charge in [-0.3, -0.25) is 9.36 Å². The first-order valence-corrected chi connectivity index (χ1v) is 12.6. The first-order valence-electron chi connectivity index (χ1n) is 12.2. The molecule has 3 aliphatic rings. The number of carbonyl (C=O) groups is 1. The van der Waals surface area contributed by atoms with E-state index in [4.69, 9.17) is 16.6 Å². The second kappa shape index (κ2) is 8.29. The maximum Gasteiger partial charge on any atom is 0.356 e. The van der Waals surface area contributed by atoms with Crippen molar-refractivity contribution < 1.29 is 14.3 Å². The normalized spacial score (nSPS) is 22.4. The third-order valence-electron chi connectivity index (χ3n) is 7.84. The van der Waals surface area contributed by atoms with Gasteiger partial charge in [-0.25, -0.2) is 29.1 Å². The molecule has 9 nitrogen and oxygen atoms in total. The van der Waals surface area contributed by atoms with E-state index in [1.807, 2.05) is 19.3 Å². The smallest absolute Gasteiger partial charge is 0.356 e. The van der Waals surface area contributed by atoms with Crippen molar-refractivity contribution in [2.75, 3.05) is 5.32 Å². The molecule has 4 aromatic rings. The molecule has 3 heterocycles. The van der Waals surface area contributed by atoms with Crippen molar-refractivity contribution in [2.24, 2.45) is 7.05 Å². The van der Waals surface area contributed by atoms with Crippen LogP contribution in [0.5, 0.6) is 0 Å². The lowest BCUT2D eigenvalue weighted by molar-refractivity contribution is -0.0837. The summed E-state index contributed by atoms with van der Waals surface area (Å²) in [4.78, 5) is 43.0. The number of hydrogen-bond donors (Lipinski definition) is 2. The molecule has 3 saturated carbocycles. The van der Waals surface area contributed by atoms with E-state index in [-0.39, 0.29) is 38.3 Å². The highest BCUT2D eigenvalue weighted by atomic mass is 35.5. The van der Waals surface area contributed by atoms with Gasteiger partial charge in [0.05, 0.1) is 22.6 Å². The zero-order valence-electron chi connectivity index (χ0n) is 20.9. The minimum absolute atomic E-state index is 0.0407. The van der Waals surface area contributed by atoms with Gasteiger partial charge in [0.1, 0.15) is 22.6 Å². The van der Waals surface area contributed by atoms with Gasteiger partial charge in [-0.2, -0.15) is 0 Å². The predicted molar refractivity (Wildman–Crippen MR) is 139 cm³/mol. The number of aryl methyl sites for hydroxylation is 1. The minimum atomic E-state index is -1.25. The monoisotopic (exact) mass is 534 g/mol.